The summed E-state index contributed by atoms with van der Waals surface area (Å²) in [6, 6.07) is 0.644. The van der Waals surface area contributed by atoms with Crippen LogP contribution in [0.5, 0.6) is 0 Å². The quantitative estimate of drug-likeness (QED) is 0.730. The topological polar surface area (TPSA) is 49.8 Å². The van der Waals surface area contributed by atoms with E-state index in [-0.39, 0.29) is 12.6 Å². The first kappa shape index (κ1) is 12.8. The number of carbonyl (C=O) groups excluding carboxylic acids is 1. The minimum Gasteiger partial charge on any atom is -0.466 e. The number of aliphatic hydroxyl groups excluding tert-OH is 1. The Kier molecular flexibility index (Phi) is 4.40. The van der Waals surface area contributed by atoms with Crippen molar-refractivity contribution < 1.29 is 14.6 Å². The lowest BCUT2D eigenvalue weighted by Crippen LogP contribution is -2.31. The van der Waals surface area contributed by atoms with Crippen LogP contribution in [0.3, 0.4) is 0 Å². The SMILES string of the molecule is CCOC(=O)CC1CCC2CC1CN2CCO. The molecule has 3 atom stereocenters. The van der Waals surface area contributed by atoms with Gasteiger partial charge in [-0.3, -0.25) is 9.69 Å². The molecule has 2 aliphatic rings. The van der Waals surface area contributed by atoms with Gasteiger partial charge in [0.05, 0.1) is 13.2 Å². The van der Waals surface area contributed by atoms with Gasteiger partial charge < -0.3 is 9.84 Å². The van der Waals surface area contributed by atoms with Gasteiger partial charge in [-0.15, -0.1) is 0 Å². The molecule has 1 aliphatic heterocycles. The number of fused-ring (bicyclic) bond motifs is 2. The van der Waals surface area contributed by atoms with E-state index in [1.807, 2.05) is 6.92 Å². The average molecular weight is 241 g/mol. The third-order valence-electron chi connectivity index (χ3n) is 4.22. The minimum absolute atomic E-state index is 0.0449. The largest absolute Gasteiger partial charge is 0.466 e. The second kappa shape index (κ2) is 5.83. The van der Waals surface area contributed by atoms with Crippen molar-refractivity contribution in [1.29, 1.82) is 0 Å². The summed E-state index contributed by atoms with van der Waals surface area (Å²) >= 11 is 0. The lowest BCUT2D eigenvalue weighted by Gasteiger charge is -2.28. The summed E-state index contributed by atoms with van der Waals surface area (Å²) in [5.74, 6) is 1.08. The van der Waals surface area contributed by atoms with Crippen molar-refractivity contribution in [3.63, 3.8) is 0 Å². The number of rotatable bonds is 5. The molecule has 3 unspecified atom stereocenters. The molecule has 0 radical (unpaired) electrons. The van der Waals surface area contributed by atoms with Crippen molar-refractivity contribution in [2.75, 3.05) is 26.3 Å². The maximum atomic E-state index is 11.5. The molecular formula is C13H23NO3. The average Bonchev–Trinajstić information content (AvgIpc) is 2.62. The van der Waals surface area contributed by atoms with Gasteiger partial charge in [0, 0.05) is 25.6 Å². The van der Waals surface area contributed by atoms with Gasteiger partial charge >= 0.3 is 5.97 Å². The van der Waals surface area contributed by atoms with Gasteiger partial charge in [-0.25, -0.2) is 0 Å². The summed E-state index contributed by atoms with van der Waals surface area (Å²) in [7, 11) is 0. The number of aliphatic hydroxyl groups is 1. The number of carbonyl (C=O) groups is 1. The van der Waals surface area contributed by atoms with Crippen LogP contribution < -0.4 is 0 Å². The maximum Gasteiger partial charge on any atom is 0.306 e. The molecule has 98 valence electrons. The molecule has 1 aliphatic carbocycles. The molecule has 0 aromatic heterocycles. The smallest absolute Gasteiger partial charge is 0.306 e. The predicted octanol–water partition coefficient (Wildman–Crippen LogP) is 1.03. The maximum absolute atomic E-state index is 11.5. The van der Waals surface area contributed by atoms with Crippen LogP contribution in [-0.4, -0.2) is 48.3 Å². The number of likely N-dealkylation sites (tertiary alicyclic amines) is 1. The van der Waals surface area contributed by atoms with Gasteiger partial charge in [0.25, 0.3) is 0 Å². The third-order valence-corrected chi connectivity index (χ3v) is 4.22. The van der Waals surface area contributed by atoms with Crippen LogP contribution in [0.25, 0.3) is 0 Å². The summed E-state index contributed by atoms with van der Waals surface area (Å²) in [6.45, 7) is 4.41. The van der Waals surface area contributed by atoms with Gasteiger partial charge in [0.1, 0.15) is 0 Å². The van der Waals surface area contributed by atoms with E-state index in [1.54, 1.807) is 0 Å². The molecule has 2 rings (SSSR count). The molecule has 4 heteroatoms. The zero-order valence-electron chi connectivity index (χ0n) is 10.6. The molecule has 1 heterocycles. The monoisotopic (exact) mass is 241 g/mol. The molecule has 1 saturated heterocycles. The molecule has 4 nitrogen and oxygen atoms in total. The fourth-order valence-corrected chi connectivity index (χ4v) is 3.41. The Bertz CT molecular complexity index is 269. The lowest BCUT2D eigenvalue weighted by atomic mass is 9.78. The van der Waals surface area contributed by atoms with Crippen molar-refractivity contribution in [3.8, 4) is 0 Å². The van der Waals surface area contributed by atoms with Gasteiger partial charge in [-0.2, -0.15) is 0 Å². The normalized spacial score (nSPS) is 32.7. The van der Waals surface area contributed by atoms with Gasteiger partial charge in [0.2, 0.25) is 0 Å². The zero-order valence-corrected chi connectivity index (χ0v) is 10.6. The fourth-order valence-electron chi connectivity index (χ4n) is 3.41. The fraction of sp³-hybridized carbons (Fsp3) is 0.923. The molecule has 0 aromatic carbocycles. The predicted molar refractivity (Wildman–Crippen MR) is 64.5 cm³/mol. The van der Waals surface area contributed by atoms with Crippen LogP contribution in [-0.2, 0) is 9.53 Å². The number of ether oxygens (including phenoxy) is 1. The first-order chi connectivity index (χ1) is 8.24. The minimum atomic E-state index is -0.0449. The Morgan fingerprint density at radius 3 is 3.00 bits per heavy atom. The van der Waals surface area contributed by atoms with Crippen LogP contribution in [0.2, 0.25) is 0 Å². The first-order valence-corrected chi connectivity index (χ1v) is 6.75. The van der Waals surface area contributed by atoms with E-state index in [2.05, 4.69) is 4.90 Å². The van der Waals surface area contributed by atoms with Gasteiger partial charge in [-0.05, 0) is 38.0 Å². The Morgan fingerprint density at radius 2 is 2.29 bits per heavy atom. The van der Waals surface area contributed by atoms with E-state index in [4.69, 9.17) is 9.84 Å². The standard InChI is InChI=1S/C13H23NO3/c1-2-17-13(16)8-10-3-4-12-7-11(10)9-14(12)5-6-15/h10-12,15H,2-9H2,1H3. The molecule has 0 spiro atoms. The van der Waals surface area contributed by atoms with E-state index in [9.17, 15) is 4.79 Å². The molecule has 0 amide bonds. The molecule has 2 bridgehead atoms. The van der Waals surface area contributed by atoms with Gasteiger partial charge in [-0.1, -0.05) is 0 Å². The highest BCUT2D eigenvalue weighted by Crippen LogP contribution is 2.40. The summed E-state index contributed by atoms with van der Waals surface area (Å²) < 4.78 is 5.03. The van der Waals surface area contributed by atoms with Crippen LogP contribution >= 0.6 is 0 Å². The Labute approximate surface area is 103 Å². The van der Waals surface area contributed by atoms with Crippen molar-refractivity contribution in [3.05, 3.63) is 0 Å². The highest BCUT2D eigenvalue weighted by molar-refractivity contribution is 5.69. The number of β-amino-alcohol motifs (C(OH)–C–C–N with tert-alkyl or cyclic N) is 1. The van der Waals surface area contributed by atoms with Crippen LogP contribution in [0.4, 0.5) is 0 Å². The van der Waals surface area contributed by atoms with Crippen molar-refractivity contribution in [2.24, 2.45) is 11.8 Å². The second-order valence-corrected chi connectivity index (χ2v) is 5.21. The highest BCUT2D eigenvalue weighted by atomic mass is 16.5. The number of esters is 1. The Hall–Kier alpha value is -0.610. The molecule has 1 saturated carbocycles. The van der Waals surface area contributed by atoms with E-state index in [0.717, 1.165) is 19.5 Å². The van der Waals surface area contributed by atoms with Crippen LogP contribution in [0, 0.1) is 11.8 Å². The molecule has 17 heavy (non-hydrogen) atoms. The number of hydrogen-bond acceptors (Lipinski definition) is 4. The van der Waals surface area contributed by atoms with E-state index < -0.39 is 0 Å². The molecular weight excluding hydrogens is 218 g/mol. The number of hydrogen-bond donors (Lipinski definition) is 1. The molecule has 2 fully saturated rings. The van der Waals surface area contributed by atoms with E-state index in [0.29, 0.717) is 30.9 Å². The van der Waals surface area contributed by atoms with Gasteiger partial charge in [0.15, 0.2) is 0 Å². The highest BCUT2D eigenvalue weighted by Gasteiger charge is 2.40. The van der Waals surface area contributed by atoms with E-state index in [1.165, 1.54) is 12.8 Å². The second-order valence-electron chi connectivity index (χ2n) is 5.21. The summed E-state index contributed by atoms with van der Waals surface area (Å²) in [5.41, 5.74) is 0. The van der Waals surface area contributed by atoms with E-state index >= 15 is 0 Å². The van der Waals surface area contributed by atoms with Crippen LogP contribution in [0.15, 0.2) is 0 Å². The summed E-state index contributed by atoms with van der Waals surface area (Å²) in [5, 5.41) is 9.01. The molecule has 0 aromatic rings. The first-order valence-electron chi connectivity index (χ1n) is 6.75. The van der Waals surface area contributed by atoms with Crippen LogP contribution in [0.1, 0.15) is 32.6 Å². The zero-order chi connectivity index (χ0) is 12.3. The summed E-state index contributed by atoms with van der Waals surface area (Å²) in [6.07, 6.45) is 4.08. The summed E-state index contributed by atoms with van der Waals surface area (Å²) in [4.78, 5) is 13.9. The third kappa shape index (κ3) is 2.99. The number of nitrogens with zero attached hydrogens (tertiary/aromatic N) is 1. The van der Waals surface area contributed by atoms with Crippen molar-refractivity contribution >= 4 is 5.97 Å². The van der Waals surface area contributed by atoms with Crippen molar-refractivity contribution in [2.45, 2.75) is 38.6 Å². The molecule has 1 N–H and O–H groups in total. The van der Waals surface area contributed by atoms with Crippen molar-refractivity contribution in [1.82, 2.24) is 4.90 Å². The lowest BCUT2D eigenvalue weighted by molar-refractivity contribution is -0.144. The Morgan fingerprint density at radius 1 is 1.47 bits per heavy atom. The Balaban J connectivity index is 1.85.